The maximum absolute atomic E-state index is 12.3. The van der Waals surface area contributed by atoms with Crippen molar-refractivity contribution in [1.29, 1.82) is 0 Å². The van der Waals surface area contributed by atoms with Crippen molar-refractivity contribution >= 4 is 40.2 Å². The molecule has 3 rings (SSSR count). The molecule has 134 valence electrons. The fourth-order valence-corrected chi connectivity index (χ4v) is 2.64. The second-order valence-corrected chi connectivity index (χ2v) is 6.16. The Bertz CT molecular complexity index is 1040. The van der Waals surface area contributed by atoms with Gasteiger partial charge in [-0.25, -0.2) is 14.8 Å². The van der Waals surface area contributed by atoms with E-state index in [0.717, 1.165) is 4.90 Å². The highest BCUT2D eigenvalue weighted by atomic mass is 35.5. The molecule has 9 heteroatoms. The summed E-state index contributed by atoms with van der Waals surface area (Å²) in [5.74, 6) is 0.426. The monoisotopic (exact) mass is 373 g/mol. The Labute approximate surface area is 153 Å². The number of H-pyrrole nitrogens is 1. The van der Waals surface area contributed by atoms with Crippen LogP contribution in [0.4, 0.5) is 16.3 Å². The second kappa shape index (κ2) is 7.01. The number of nitrogens with zero attached hydrogens (tertiary/aromatic N) is 3. The van der Waals surface area contributed by atoms with Gasteiger partial charge in [0.25, 0.3) is 5.56 Å². The zero-order chi connectivity index (χ0) is 18.8. The lowest BCUT2D eigenvalue weighted by molar-refractivity contribution is 0.203. The van der Waals surface area contributed by atoms with Crippen LogP contribution in [0.1, 0.15) is 18.7 Å². The number of aromatic nitrogens is 3. The molecule has 0 saturated heterocycles. The largest absolute Gasteiger partial charge is 0.465 e. The molecule has 0 aliphatic rings. The molecule has 2 heterocycles. The lowest BCUT2D eigenvalue weighted by Gasteiger charge is -2.17. The van der Waals surface area contributed by atoms with Gasteiger partial charge in [0, 0.05) is 24.3 Å². The van der Waals surface area contributed by atoms with E-state index in [4.69, 9.17) is 16.7 Å². The van der Waals surface area contributed by atoms with Crippen molar-refractivity contribution in [2.45, 2.75) is 13.0 Å². The number of pyridine rings is 1. The van der Waals surface area contributed by atoms with Crippen molar-refractivity contribution in [2.24, 2.45) is 0 Å². The molecule has 0 fully saturated rings. The molecular formula is C17H16ClN5O3. The minimum atomic E-state index is -1.08. The van der Waals surface area contributed by atoms with Gasteiger partial charge in [0.05, 0.1) is 22.8 Å². The van der Waals surface area contributed by atoms with E-state index in [1.165, 1.54) is 13.2 Å². The van der Waals surface area contributed by atoms with E-state index in [0.29, 0.717) is 27.6 Å². The first-order chi connectivity index (χ1) is 12.3. The van der Waals surface area contributed by atoms with Crippen molar-refractivity contribution in [3.05, 3.63) is 57.6 Å². The van der Waals surface area contributed by atoms with Gasteiger partial charge < -0.3 is 15.4 Å². The number of hydrogen-bond acceptors (Lipinski definition) is 5. The number of rotatable bonds is 4. The van der Waals surface area contributed by atoms with Crippen LogP contribution in [0.2, 0.25) is 5.02 Å². The summed E-state index contributed by atoms with van der Waals surface area (Å²) < 4.78 is 0. The molecule has 0 radical (unpaired) electrons. The van der Waals surface area contributed by atoms with E-state index >= 15 is 0 Å². The number of amides is 1. The third kappa shape index (κ3) is 3.60. The Morgan fingerprint density at radius 2 is 2.12 bits per heavy atom. The van der Waals surface area contributed by atoms with Gasteiger partial charge in [-0.15, -0.1) is 0 Å². The predicted molar refractivity (Wildman–Crippen MR) is 100 cm³/mol. The van der Waals surface area contributed by atoms with Gasteiger partial charge in [-0.2, -0.15) is 0 Å². The molecule has 1 aromatic carbocycles. The van der Waals surface area contributed by atoms with E-state index < -0.39 is 12.1 Å². The topological polar surface area (TPSA) is 111 Å². The van der Waals surface area contributed by atoms with E-state index in [9.17, 15) is 9.59 Å². The fourth-order valence-electron chi connectivity index (χ4n) is 2.47. The van der Waals surface area contributed by atoms with Crippen LogP contribution in [0.15, 0.2) is 41.3 Å². The van der Waals surface area contributed by atoms with Crippen LogP contribution in [-0.4, -0.2) is 33.2 Å². The standard InChI is InChI=1S/C17H16ClN5O3/c1-9(20-14-8-11(5-6-19-14)23(2)17(25)26)15-16(24)22-12-4-3-10(18)7-13(12)21-15/h3-9H,1-2H3,(H,19,20)(H,22,24)(H,25,26)/t9-/m0/s1. The van der Waals surface area contributed by atoms with Crippen LogP contribution < -0.4 is 15.8 Å². The number of carboxylic acid groups (broad SMARTS) is 1. The summed E-state index contributed by atoms with van der Waals surface area (Å²) in [6.45, 7) is 1.77. The van der Waals surface area contributed by atoms with Crippen LogP contribution in [0.3, 0.4) is 0 Å². The SMILES string of the molecule is C[C@H](Nc1cc(N(C)C(=O)O)ccn1)c1nc2cc(Cl)ccc2[nH]c1=O. The summed E-state index contributed by atoms with van der Waals surface area (Å²) >= 11 is 5.98. The van der Waals surface area contributed by atoms with E-state index in [1.54, 1.807) is 37.3 Å². The minimum absolute atomic E-state index is 0.276. The molecule has 0 aliphatic heterocycles. The van der Waals surface area contributed by atoms with Crippen LogP contribution in [0, 0.1) is 0 Å². The summed E-state index contributed by atoms with van der Waals surface area (Å²) in [7, 11) is 1.43. The molecule has 0 bridgehead atoms. The number of carbonyl (C=O) groups is 1. The fraction of sp³-hybridized carbons (Fsp3) is 0.176. The number of hydrogen-bond donors (Lipinski definition) is 3. The number of halogens is 1. The molecule has 8 nitrogen and oxygen atoms in total. The van der Waals surface area contributed by atoms with Crippen molar-refractivity contribution in [3.63, 3.8) is 0 Å². The Kier molecular flexibility index (Phi) is 4.77. The van der Waals surface area contributed by atoms with Gasteiger partial charge in [-0.1, -0.05) is 11.6 Å². The normalized spacial score (nSPS) is 12.0. The highest BCUT2D eigenvalue weighted by molar-refractivity contribution is 6.31. The van der Waals surface area contributed by atoms with Gasteiger partial charge >= 0.3 is 6.09 Å². The third-order valence-electron chi connectivity index (χ3n) is 3.87. The highest BCUT2D eigenvalue weighted by Gasteiger charge is 2.15. The molecule has 1 atom stereocenters. The Hall–Kier alpha value is -3.13. The van der Waals surface area contributed by atoms with Gasteiger partial charge in [-0.05, 0) is 31.2 Å². The van der Waals surface area contributed by atoms with Crippen LogP contribution >= 0.6 is 11.6 Å². The first-order valence-corrected chi connectivity index (χ1v) is 8.11. The summed E-state index contributed by atoms with van der Waals surface area (Å²) in [6, 6.07) is 7.74. The molecule has 3 aromatic rings. The number of aromatic amines is 1. The average molecular weight is 374 g/mol. The van der Waals surface area contributed by atoms with Crippen molar-refractivity contribution in [2.75, 3.05) is 17.3 Å². The van der Waals surface area contributed by atoms with Gasteiger partial charge in [0.1, 0.15) is 11.5 Å². The Morgan fingerprint density at radius 3 is 2.85 bits per heavy atom. The van der Waals surface area contributed by atoms with Crippen molar-refractivity contribution < 1.29 is 9.90 Å². The molecule has 0 saturated carbocycles. The zero-order valence-electron chi connectivity index (χ0n) is 14.0. The maximum Gasteiger partial charge on any atom is 0.411 e. The van der Waals surface area contributed by atoms with Gasteiger partial charge in [0.15, 0.2) is 0 Å². The van der Waals surface area contributed by atoms with E-state index in [1.807, 2.05) is 0 Å². The third-order valence-corrected chi connectivity index (χ3v) is 4.11. The number of benzene rings is 1. The second-order valence-electron chi connectivity index (χ2n) is 5.72. The molecular weight excluding hydrogens is 358 g/mol. The molecule has 26 heavy (non-hydrogen) atoms. The zero-order valence-corrected chi connectivity index (χ0v) is 14.8. The Balaban J connectivity index is 1.91. The van der Waals surface area contributed by atoms with Gasteiger partial charge in [-0.3, -0.25) is 9.69 Å². The lowest BCUT2D eigenvalue weighted by Crippen LogP contribution is -2.24. The number of nitrogens with one attached hydrogen (secondary N) is 2. The Morgan fingerprint density at radius 1 is 1.35 bits per heavy atom. The van der Waals surface area contributed by atoms with Crippen molar-refractivity contribution in [3.8, 4) is 0 Å². The number of fused-ring (bicyclic) bond motifs is 1. The average Bonchev–Trinajstić information content (AvgIpc) is 2.60. The smallest absolute Gasteiger partial charge is 0.411 e. The molecule has 3 N–H and O–H groups in total. The quantitative estimate of drug-likeness (QED) is 0.647. The molecule has 0 spiro atoms. The highest BCUT2D eigenvalue weighted by Crippen LogP contribution is 2.21. The van der Waals surface area contributed by atoms with Crippen molar-refractivity contribution in [1.82, 2.24) is 15.0 Å². The van der Waals surface area contributed by atoms with E-state index in [-0.39, 0.29) is 11.3 Å². The summed E-state index contributed by atoms with van der Waals surface area (Å²) in [5, 5.41) is 12.7. The molecule has 1 amide bonds. The van der Waals surface area contributed by atoms with Crippen LogP contribution in [0.5, 0.6) is 0 Å². The summed E-state index contributed by atoms with van der Waals surface area (Å²) in [6.07, 6.45) is 0.404. The summed E-state index contributed by atoms with van der Waals surface area (Å²) in [4.78, 5) is 35.8. The maximum atomic E-state index is 12.3. The first-order valence-electron chi connectivity index (χ1n) is 7.74. The first kappa shape index (κ1) is 17.7. The molecule has 0 unspecified atom stereocenters. The lowest BCUT2D eigenvalue weighted by atomic mass is 10.2. The summed E-state index contributed by atoms with van der Waals surface area (Å²) in [5.41, 5.74) is 1.58. The number of anilines is 2. The van der Waals surface area contributed by atoms with Gasteiger partial charge in [0.2, 0.25) is 0 Å². The predicted octanol–water partition coefficient (Wildman–Crippen LogP) is 3.26. The molecule has 2 aromatic heterocycles. The van der Waals surface area contributed by atoms with E-state index in [2.05, 4.69) is 20.3 Å². The van der Waals surface area contributed by atoms with Crippen LogP contribution in [-0.2, 0) is 0 Å². The minimum Gasteiger partial charge on any atom is -0.465 e. The molecule has 0 aliphatic carbocycles. The van der Waals surface area contributed by atoms with Crippen LogP contribution in [0.25, 0.3) is 11.0 Å².